The van der Waals surface area contributed by atoms with Crippen molar-refractivity contribution in [3.05, 3.63) is 52.3 Å². The number of hydrogen-bond acceptors (Lipinski definition) is 6. The van der Waals surface area contributed by atoms with E-state index in [2.05, 4.69) is 24.1 Å². The number of anilines is 1. The fraction of sp³-hybridized carbons (Fsp3) is 0.538. The highest BCUT2D eigenvalue weighted by Gasteiger charge is 2.30. The molecule has 35 heavy (non-hydrogen) atoms. The van der Waals surface area contributed by atoms with Gasteiger partial charge in [0.2, 0.25) is 11.7 Å². The molecule has 1 unspecified atom stereocenters. The van der Waals surface area contributed by atoms with Crippen molar-refractivity contribution in [2.75, 3.05) is 11.9 Å². The number of imidazole rings is 1. The van der Waals surface area contributed by atoms with Gasteiger partial charge in [-0.2, -0.15) is 4.98 Å². The number of nitrogens with zero attached hydrogens (tertiary/aromatic N) is 4. The van der Waals surface area contributed by atoms with Crippen LogP contribution in [0.2, 0.25) is 0 Å². The van der Waals surface area contributed by atoms with E-state index in [1.54, 1.807) is 33.5 Å². The van der Waals surface area contributed by atoms with Crippen LogP contribution in [0.3, 0.4) is 0 Å². The normalized spacial score (nSPS) is 20.1. The van der Waals surface area contributed by atoms with Gasteiger partial charge in [0, 0.05) is 30.6 Å². The number of ether oxygens (including phenoxy) is 2. The molecule has 2 fully saturated rings. The Morgan fingerprint density at radius 3 is 2.69 bits per heavy atom. The summed E-state index contributed by atoms with van der Waals surface area (Å²) >= 11 is 0. The van der Waals surface area contributed by atoms with Crippen molar-refractivity contribution < 1.29 is 14.3 Å². The predicted octanol–water partition coefficient (Wildman–Crippen LogP) is 4.33. The maximum atomic E-state index is 13.3. The molecule has 1 aliphatic carbocycles. The minimum absolute atomic E-state index is 0.119. The van der Waals surface area contributed by atoms with Crippen molar-refractivity contribution in [2.45, 2.75) is 83.5 Å². The molecule has 1 N–H and O–H groups in total. The predicted molar refractivity (Wildman–Crippen MR) is 132 cm³/mol. The number of fused-ring (bicyclic) bond motifs is 1. The average molecular weight is 480 g/mol. The smallest absolute Gasteiger partial charge is 0.274 e. The Hall–Kier alpha value is -3.20. The highest BCUT2D eigenvalue weighted by atomic mass is 16.5. The zero-order valence-electron chi connectivity index (χ0n) is 20.8. The fourth-order valence-electron chi connectivity index (χ4n) is 4.57. The van der Waals surface area contributed by atoms with E-state index in [9.17, 15) is 9.59 Å². The van der Waals surface area contributed by atoms with Crippen LogP contribution in [-0.2, 0) is 4.74 Å². The molecule has 4 heterocycles. The van der Waals surface area contributed by atoms with E-state index in [-0.39, 0.29) is 46.4 Å². The molecular weight excluding hydrogens is 446 g/mol. The van der Waals surface area contributed by atoms with Gasteiger partial charge >= 0.3 is 0 Å². The number of pyridine rings is 1. The minimum atomic E-state index is -0.448. The Bertz CT molecular complexity index is 1290. The molecular formula is C26H33N5O4. The Kier molecular flexibility index (Phi) is 6.13. The van der Waals surface area contributed by atoms with Crippen molar-refractivity contribution in [2.24, 2.45) is 0 Å². The van der Waals surface area contributed by atoms with Crippen molar-refractivity contribution >= 4 is 17.4 Å². The number of aromatic nitrogens is 4. The van der Waals surface area contributed by atoms with Crippen LogP contribution in [0.25, 0.3) is 5.78 Å². The summed E-state index contributed by atoms with van der Waals surface area (Å²) in [7, 11) is 0. The van der Waals surface area contributed by atoms with E-state index < -0.39 is 5.91 Å². The van der Waals surface area contributed by atoms with Crippen LogP contribution in [0.4, 0.5) is 5.69 Å². The first-order chi connectivity index (χ1) is 16.7. The fourth-order valence-corrected chi connectivity index (χ4v) is 4.57. The summed E-state index contributed by atoms with van der Waals surface area (Å²) in [6.45, 7) is 8.55. The molecule has 1 aliphatic heterocycles. The molecule has 0 spiro atoms. The van der Waals surface area contributed by atoms with E-state index in [1.807, 2.05) is 20.0 Å². The lowest BCUT2D eigenvalue weighted by Crippen LogP contribution is -2.32. The molecule has 0 bridgehead atoms. The maximum absolute atomic E-state index is 13.3. The number of rotatable bonds is 6. The monoisotopic (exact) mass is 479 g/mol. The molecule has 5 rings (SSSR count). The highest BCUT2D eigenvalue weighted by Crippen LogP contribution is 2.33. The Morgan fingerprint density at radius 1 is 1.23 bits per heavy atom. The summed E-state index contributed by atoms with van der Waals surface area (Å²) in [5, 5.41) is 2.78. The van der Waals surface area contributed by atoms with Gasteiger partial charge in [0.1, 0.15) is 11.3 Å². The third kappa shape index (κ3) is 4.82. The van der Waals surface area contributed by atoms with Gasteiger partial charge in [-0.15, -0.1) is 0 Å². The molecule has 1 atom stereocenters. The summed E-state index contributed by atoms with van der Waals surface area (Å²) in [5.74, 6) is 0.379. The van der Waals surface area contributed by atoms with Crippen molar-refractivity contribution in [1.29, 1.82) is 0 Å². The van der Waals surface area contributed by atoms with E-state index in [4.69, 9.17) is 14.5 Å². The molecule has 3 aromatic rings. The molecule has 3 aromatic heterocycles. The number of hydrogen-bond donors (Lipinski definition) is 1. The van der Waals surface area contributed by atoms with Crippen molar-refractivity contribution in [3.63, 3.8) is 0 Å². The van der Waals surface area contributed by atoms with Crippen LogP contribution in [0.15, 0.2) is 35.5 Å². The maximum Gasteiger partial charge on any atom is 0.274 e. The summed E-state index contributed by atoms with van der Waals surface area (Å²) in [6.07, 6.45) is 10.2. The lowest BCUT2D eigenvalue weighted by molar-refractivity contribution is -0.0615. The highest BCUT2D eigenvalue weighted by molar-refractivity contribution is 6.05. The number of nitrogens with one attached hydrogen (secondary N) is 1. The third-order valence-corrected chi connectivity index (χ3v) is 6.90. The number of carbonyl (C=O) groups is 1. The van der Waals surface area contributed by atoms with Crippen LogP contribution in [0.5, 0.6) is 5.88 Å². The second kappa shape index (κ2) is 9.11. The molecule has 1 saturated heterocycles. The number of carbonyl (C=O) groups excluding carboxylic acids is 1. The zero-order chi connectivity index (χ0) is 24.7. The second-order valence-electron chi connectivity index (χ2n) is 10.5. The Balaban J connectivity index is 1.45. The zero-order valence-corrected chi connectivity index (χ0v) is 20.8. The summed E-state index contributed by atoms with van der Waals surface area (Å²) in [4.78, 5) is 35.5. The lowest BCUT2D eigenvalue weighted by Gasteiger charge is -2.34. The second-order valence-corrected chi connectivity index (χ2v) is 10.5. The van der Waals surface area contributed by atoms with Gasteiger partial charge in [0.15, 0.2) is 0 Å². The standard InChI is InChI=1S/C26H33N5O4/c1-16(2)35-23-19(22(32)27-20-9-6-12-31(24(20)33)18-7-5-8-18)13-30-14-21(28-25(30)29-23)17-10-11-26(3,4)34-15-17/h6,9,12-14,16-18H,5,7-8,10-11,15H2,1-4H3,(H,27,32). The van der Waals surface area contributed by atoms with Crippen molar-refractivity contribution in [1.82, 2.24) is 18.9 Å². The van der Waals surface area contributed by atoms with Gasteiger partial charge in [0.25, 0.3) is 11.5 Å². The van der Waals surface area contributed by atoms with E-state index in [0.29, 0.717) is 12.4 Å². The van der Waals surface area contributed by atoms with E-state index >= 15 is 0 Å². The van der Waals surface area contributed by atoms with Gasteiger partial charge in [-0.25, -0.2) is 4.98 Å². The first kappa shape index (κ1) is 23.5. The van der Waals surface area contributed by atoms with E-state index in [0.717, 1.165) is 37.8 Å². The van der Waals surface area contributed by atoms with Gasteiger partial charge in [0.05, 0.1) is 24.0 Å². The van der Waals surface area contributed by atoms with Gasteiger partial charge < -0.3 is 19.4 Å². The molecule has 9 heteroatoms. The van der Waals surface area contributed by atoms with E-state index in [1.165, 1.54) is 0 Å². The van der Waals surface area contributed by atoms with Crippen LogP contribution in [-0.4, -0.2) is 43.2 Å². The molecule has 0 aromatic carbocycles. The summed E-state index contributed by atoms with van der Waals surface area (Å²) in [6, 6.07) is 3.62. The van der Waals surface area contributed by atoms with Gasteiger partial charge in [-0.1, -0.05) is 0 Å². The number of amides is 1. The lowest BCUT2D eigenvalue weighted by atomic mass is 9.90. The molecule has 0 radical (unpaired) electrons. The Labute approximate surface area is 204 Å². The molecule has 186 valence electrons. The molecule has 1 saturated carbocycles. The molecule has 9 nitrogen and oxygen atoms in total. The third-order valence-electron chi connectivity index (χ3n) is 6.90. The largest absolute Gasteiger partial charge is 0.474 e. The SMILES string of the molecule is CC(C)Oc1nc2nc(C3CCC(C)(C)OC3)cn2cc1C(=O)Nc1cccn(C2CCC2)c1=O. The van der Waals surface area contributed by atoms with Crippen LogP contribution in [0.1, 0.15) is 87.8 Å². The van der Waals surface area contributed by atoms with Crippen molar-refractivity contribution in [3.8, 4) is 5.88 Å². The first-order valence-corrected chi connectivity index (χ1v) is 12.4. The average Bonchev–Trinajstić information content (AvgIpc) is 3.17. The first-order valence-electron chi connectivity index (χ1n) is 12.4. The van der Waals surface area contributed by atoms with Gasteiger partial charge in [-0.05, 0) is 71.9 Å². The van der Waals surface area contributed by atoms with Crippen LogP contribution in [0, 0.1) is 0 Å². The van der Waals surface area contributed by atoms with Crippen LogP contribution < -0.4 is 15.6 Å². The topological polar surface area (TPSA) is 99.8 Å². The molecule has 2 aliphatic rings. The minimum Gasteiger partial charge on any atom is -0.474 e. The summed E-state index contributed by atoms with van der Waals surface area (Å²) < 4.78 is 15.3. The van der Waals surface area contributed by atoms with Crippen LogP contribution >= 0.6 is 0 Å². The quantitative estimate of drug-likeness (QED) is 0.565. The van der Waals surface area contributed by atoms with Gasteiger partial charge in [-0.3, -0.25) is 14.0 Å². The summed E-state index contributed by atoms with van der Waals surface area (Å²) in [5.41, 5.74) is 1.05. The Morgan fingerprint density at radius 2 is 2.03 bits per heavy atom. The molecule has 1 amide bonds.